The maximum absolute atomic E-state index is 2.45. The van der Waals surface area contributed by atoms with Crippen LogP contribution >= 0.6 is 0 Å². The molecule has 0 saturated carbocycles. The zero-order valence-corrected chi connectivity index (χ0v) is 26.2. The van der Waals surface area contributed by atoms with Gasteiger partial charge in [0.1, 0.15) is 0 Å². The normalized spacial score (nSPS) is 11.8. The highest BCUT2D eigenvalue weighted by Crippen LogP contribution is 2.40. The van der Waals surface area contributed by atoms with Gasteiger partial charge in [0.15, 0.2) is 0 Å². The minimum absolute atomic E-state index is 1.16. The van der Waals surface area contributed by atoms with E-state index in [1.54, 1.807) is 0 Å². The lowest BCUT2D eigenvalue weighted by Gasteiger charge is -2.12. The molecule has 0 unspecified atom stereocenters. The van der Waals surface area contributed by atoms with E-state index in [4.69, 9.17) is 0 Å². The highest BCUT2D eigenvalue weighted by molar-refractivity contribution is 6.13. The molecular weight excluding hydrogens is 581 g/mol. The van der Waals surface area contributed by atoms with E-state index in [2.05, 4.69) is 191 Å². The summed E-state index contributed by atoms with van der Waals surface area (Å²) in [7, 11) is 0. The van der Waals surface area contributed by atoms with Gasteiger partial charge in [0.25, 0.3) is 0 Å². The zero-order valence-electron chi connectivity index (χ0n) is 26.2. The van der Waals surface area contributed by atoms with Gasteiger partial charge in [0.2, 0.25) is 0 Å². The highest BCUT2D eigenvalue weighted by atomic mass is 15.0. The summed E-state index contributed by atoms with van der Waals surface area (Å²) >= 11 is 0. The first-order valence-corrected chi connectivity index (χ1v) is 16.5. The standard InChI is InChI=1S/C46H30N2/c1-3-12-31(13-4-1)33-22-25-40-41-27-24-34(29-45(41)47(44(40)28-33)36-16-5-2-6-17-36)35-23-26-39-38-19-9-10-20-43(38)48(46(39)30-35)42-21-11-15-32-14-7-8-18-37(32)42/h1-30H. The first kappa shape index (κ1) is 26.8. The van der Waals surface area contributed by atoms with E-state index in [1.165, 1.54) is 82.3 Å². The van der Waals surface area contributed by atoms with E-state index in [0.717, 1.165) is 5.69 Å². The number of para-hydroxylation sites is 2. The first-order chi connectivity index (χ1) is 23.8. The summed E-state index contributed by atoms with van der Waals surface area (Å²) < 4.78 is 4.87. The molecule has 0 aliphatic carbocycles. The SMILES string of the molecule is c1ccc(-c2ccc3c4ccc(-c5ccc6c7ccccc7n(-c7cccc8ccccc78)c6c5)cc4n(-c4ccccc4)c3c2)cc1. The third-order valence-electron chi connectivity index (χ3n) is 9.90. The number of benzene rings is 8. The average Bonchev–Trinajstić information content (AvgIpc) is 3.67. The van der Waals surface area contributed by atoms with E-state index >= 15 is 0 Å². The minimum atomic E-state index is 1.16. The molecule has 224 valence electrons. The van der Waals surface area contributed by atoms with Crippen LogP contribution in [0.5, 0.6) is 0 Å². The predicted molar refractivity (Wildman–Crippen MR) is 203 cm³/mol. The van der Waals surface area contributed by atoms with Crippen molar-refractivity contribution in [3.05, 3.63) is 182 Å². The Labute approximate surface area is 278 Å². The van der Waals surface area contributed by atoms with Crippen molar-refractivity contribution in [2.45, 2.75) is 0 Å². The van der Waals surface area contributed by atoms with Gasteiger partial charge in [-0.2, -0.15) is 0 Å². The molecule has 0 fully saturated rings. The van der Waals surface area contributed by atoms with Crippen LogP contribution in [0.2, 0.25) is 0 Å². The second-order valence-corrected chi connectivity index (χ2v) is 12.6. The van der Waals surface area contributed by atoms with Crippen LogP contribution in [0.15, 0.2) is 182 Å². The number of hydrogen-bond donors (Lipinski definition) is 0. The van der Waals surface area contributed by atoms with Crippen LogP contribution in [0.4, 0.5) is 0 Å². The number of nitrogens with zero attached hydrogens (tertiary/aromatic N) is 2. The zero-order chi connectivity index (χ0) is 31.6. The summed E-state index contributed by atoms with van der Waals surface area (Å²) in [4.78, 5) is 0. The quantitative estimate of drug-likeness (QED) is 0.188. The summed E-state index contributed by atoms with van der Waals surface area (Å²) in [6, 6.07) is 66.2. The second kappa shape index (κ2) is 10.6. The molecule has 8 aromatic carbocycles. The Morgan fingerprint density at radius 2 is 0.750 bits per heavy atom. The Hall–Kier alpha value is -6.38. The number of hydrogen-bond acceptors (Lipinski definition) is 0. The Morgan fingerprint density at radius 1 is 0.271 bits per heavy atom. The van der Waals surface area contributed by atoms with Crippen LogP contribution in [-0.2, 0) is 0 Å². The van der Waals surface area contributed by atoms with E-state index in [1.807, 2.05) is 0 Å². The molecule has 48 heavy (non-hydrogen) atoms. The van der Waals surface area contributed by atoms with Crippen LogP contribution in [-0.4, -0.2) is 9.13 Å². The van der Waals surface area contributed by atoms with E-state index < -0.39 is 0 Å². The molecule has 0 amide bonds. The Morgan fingerprint density at radius 3 is 1.42 bits per heavy atom. The highest BCUT2D eigenvalue weighted by Gasteiger charge is 2.17. The molecule has 0 saturated heterocycles. The van der Waals surface area contributed by atoms with Crippen LogP contribution in [0.25, 0.3) is 88.0 Å². The van der Waals surface area contributed by atoms with E-state index in [-0.39, 0.29) is 0 Å². The van der Waals surface area contributed by atoms with Gasteiger partial charge in [0, 0.05) is 32.6 Å². The number of aromatic nitrogens is 2. The minimum Gasteiger partial charge on any atom is -0.309 e. The van der Waals surface area contributed by atoms with E-state index in [9.17, 15) is 0 Å². The third-order valence-corrected chi connectivity index (χ3v) is 9.90. The maximum atomic E-state index is 2.45. The Bertz CT molecular complexity index is 2810. The summed E-state index contributed by atoms with van der Waals surface area (Å²) in [5, 5.41) is 7.52. The lowest BCUT2D eigenvalue weighted by atomic mass is 10.0. The van der Waals surface area contributed by atoms with Gasteiger partial charge < -0.3 is 9.13 Å². The molecule has 0 N–H and O–H groups in total. The fourth-order valence-corrected chi connectivity index (χ4v) is 7.68. The maximum Gasteiger partial charge on any atom is 0.0547 e. The summed E-state index contributed by atoms with van der Waals surface area (Å²) in [6.07, 6.45) is 0. The fraction of sp³-hybridized carbons (Fsp3) is 0. The molecule has 2 nitrogen and oxygen atoms in total. The molecule has 0 aliphatic rings. The van der Waals surface area contributed by atoms with Crippen LogP contribution in [0, 0.1) is 0 Å². The van der Waals surface area contributed by atoms with Crippen molar-refractivity contribution in [1.29, 1.82) is 0 Å². The lowest BCUT2D eigenvalue weighted by Crippen LogP contribution is -1.95. The smallest absolute Gasteiger partial charge is 0.0547 e. The molecule has 2 heterocycles. The number of rotatable bonds is 4. The molecule has 0 atom stereocenters. The lowest BCUT2D eigenvalue weighted by molar-refractivity contribution is 1.18. The van der Waals surface area contributed by atoms with Gasteiger partial charge in [0.05, 0.1) is 27.8 Å². The average molecular weight is 611 g/mol. The van der Waals surface area contributed by atoms with Crippen molar-refractivity contribution in [2.75, 3.05) is 0 Å². The summed E-state index contributed by atoms with van der Waals surface area (Å²) in [5.74, 6) is 0. The molecule has 2 heteroatoms. The third kappa shape index (κ3) is 4.06. The van der Waals surface area contributed by atoms with Crippen LogP contribution < -0.4 is 0 Å². The van der Waals surface area contributed by atoms with Crippen LogP contribution in [0.3, 0.4) is 0 Å². The van der Waals surface area contributed by atoms with Gasteiger partial charge in [-0.3, -0.25) is 0 Å². The van der Waals surface area contributed by atoms with Crippen molar-refractivity contribution in [3.8, 4) is 33.6 Å². The molecule has 0 aliphatic heterocycles. The predicted octanol–water partition coefficient (Wildman–Crippen LogP) is 12.4. The van der Waals surface area contributed by atoms with Gasteiger partial charge in [-0.1, -0.05) is 140 Å². The van der Waals surface area contributed by atoms with Gasteiger partial charge in [-0.25, -0.2) is 0 Å². The molecule has 0 radical (unpaired) electrons. The van der Waals surface area contributed by atoms with Crippen molar-refractivity contribution < 1.29 is 0 Å². The largest absolute Gasteiger partial charge is 0.309 e. The topological polar surface area (TPSA) is 9.86 Å². The second-order valence-electron chi connectivity index (χ2n) is 12.6. The summed E-state index contributed by atoms with van der Waals surface area (Å²) in [6.45, 7) is 0. The molecule has 10 rings (SSSR count). The molecule has 0 spiro atoms. The fourth-order valence-electron chi connectivity index (χ4n) is 7.68. The van der Waals surface area contributed by atoms with Gasteiger partial charge in [-0.05, 0) is 70.1 Å². The first-order valence-electron chi connectivity index (χ1n) is 16.5. The monoisotopic (exact) mass is 610 g/mol. The molecule has 0 bridgehead atoms. The molecule has 10 aromatic rings. The molecular formula is C46H30N2. The van der Waals surface area contributed by atoms with Gasteiger partial charge in [-0.15, -0.1) is 0 Å². The molecule has 2 aromatic heterocycles. The Kier molecular flexibility index (Phi) is 5.91. The number of fused-ring (bicyclic) bond motifs is 7. The Balaban J connectivity index is 1.22. The summed E-state index contributed by atoms with van der Waals surface area (Å²) in [5.41, 5.74) is 12.0. The van der Waals surface area contributed by atoms with Crippen molar-refractivity contribution in [2.24, 2.45) is 0 Å². The van der Waals surface area contributed by atoms with Crippen molar-refractivity contribution in [3.63, 3.8) is 0 Å². The van der Waals surface area contributed by atoms with Crippen LogP contribution in [0.1, 0.15) is 0 Å². The van der Waals surface area contributed by atoms with E-state index in [0.29, 0.717) is 0 Å². The van der Waals surface area contributed by atoms with Crippen molar-refractivity contribution in [1.82, 2.24) is 9.13 Å². The van der Waals surface area contributed by atoms with Gasteiger partial charge >= 0.3 is 0 Å². The van der Waals surface area contributed by atoms with Crippen molar-refractivity contribution >= 4 is 54.4 Å².